The fourth-order valence-electron chi connectivity index (χ4n) is 2.28. The maximum Gasteiger partial charge on any atom is 0.126 e. The van der Waals surface area contributed by atoms with Gasteiger partial charge in [0.15, 0.2) is 0 Å². The van der Waals surface area contributed by atoms with Crippen LogP contribution in [0.3, 0.4) is 0 Å². The van der Waals surface area contributed by atoms with Crippen LogP contribution in [0.5, 0.6) is 0 Å². The summed E-state index contributed by atoms with van der Waals surface area (Å²) in [5.41, 5.74) is 1.67. The highest BCUT2D eigenvalue weighted by Gasteiger charge is 2.23. The van der Waals surface area contributed by atoms with Crippen LogP contribution in [0.1, 0.15) is 24.0 Å². The van der Waals surface area contributed by atoms with Gasteiger partial charge in [0.25, 0.3) is 0 Å². The van der Waals surface area contributed by atoms with Crippen LogP contribution in [0, 0.1) is 12.7 Å². The third-order valence-corrected chi connectivity index (χ3v) is 3.33. The van der Waals surface area contributed by atoms with Crippen molar-refractivity contribution in [2.24, 2.45) is 0 Å². The summed E-state index contributed by atoms with van der Waals surface area (Å²) in [4.78, 5) is 2.23. The number of rotatable bonds is 3. The number of nitrogens with zero attached hydrogens (tertiary/aromatic N) is 1. The molecule has 0 aromatic heterocycles. The molecule has 1 heterocycles. The lowest BCUT2D eigenvalue weighted by Gasteiger charge is -2.22. The van der Waals surface area contributed by atoms with Gasteiger partial charge in [0.05, 0.1) is 6.61 Å². The van der Waals surface area contributed by atoms with Gasteiger partial charge in [-0.2, -0.15) is 0 Å². The highest BCUT2D eigenvalue weighted by molar-refractivity contribution is 5.23. The normalized spacial score (nSPS) is 21.6. The van der Waals surface area contributed by atoms with Gasteiger partial charge in [0.2, 0.25) is 0 Å². The first-order chi connectivity index (χ1) is 7.70. The second-order valence-electron chi connectivity index (χ2n) is 4.53. The highest BCUT2D eigenvalue weighted by atomic mass is 19.1. The summed E-state index contributed by atoms with van der Waals surface area (Å²) in [5, 5.41) is 9.20. The van der Waals surface area contributed by atoms with E-state index in [4.69, 9.17) is 0 Å². The molecule has 3 heteroatoms. The summed E-state index contributed by atoms with van der Waals surface area (Å²) < 4.78 is 13.4. The van der Waals surface area contributed by atoms with Gasteiger partial charge in [0.1, 0.15) is 5.82 Å². The van der Waals surface area contributed by atoms with Gasteiger partial charge in [-0.15, -0.1) is 0 Å². The van der Waals surface area contributed by atoms with Crippen molar-refractivity contribution in [3.05, 3.63) is 35.1 Å². The molecule has 1 aliphatic rings. The highest BCUT2D eigenvalue weighted by Crippen LogP contribution is 2.20. The predicted molar refractivity (Wildman–Crippen MR) is 61.7 cm³/mol. The van der Waals surface area contributed by atoms with Crippen LogP contribution in [0.2, 0.25) is 0 Å². The third kappa shape index (κ3) is 2.42. The average molecular weight is 223 g/mol. The van der Waals surface area contributed by atoms with Crippen LogP contribution in [0.25, 0.3) is 0 Å². The van der Waals surface area contributed by atoms with Crippen LogP contribution in [-0.4, -0.2) is 29.2 Å². The minimum absolute atomic E-state index is 0.141. The number of halogens is 1. The molecule has 0 saturated carbocycles. The molecule has 2 rings (SSSR count). The molecule has 1 saturated heterocycles. The summed E-state index contributed by atoms with van der Waals surface area (Å²) in [6.45, 7) is 3.71. The van der Waals surface area contributed by atoms with E-state index < -0.39 is 0 Å². The number of aliphatic hydroxyl groups is 1. The Morgan fingerprint density at radius 1 is 1.50 bits per heavy atom. The summed E-state index contributed by atoms with van der Waals surface area (Å²) in [5.74, 6) is -0.141. The molecule has 0 spiro atoms. The van der Waals surface area contributed by atoms with E-state index in [1.807, 2.05) is 12.1 Å². The number of aliphatic hydroxyl groups excluding tert-OH is 1. The standard InChI is InChI=1S/C13H18FNO/c1-10-4-5-11(7-13(10)14)8-15-6-2-3-12(15)9-16/h4-5,7,12,16H,2-3,6,8-9H2,1H3. The molecule has 0 bridgehead atoms. The lowest BCUT2D eigenvalue weighted by Crippen LogP contribution is -2.31. The molecular weight excluding hydrogens is 205 g/mol. The Labute approximate surface area is 95.7 Å². The Bertz CT molecular complexity index is 367. The third-order valence-electron chi connectivity index (χ3n) is 3.33. The number of hydrogen-bond donors (Lipinski definition) is 1. The van der Waals surface area contributed by atoms with Crippen LogP contribution in [-0.2, 0) is 6.54 Å². The molecule has 1 aromatic carbocycles. The van der Waals surface area contributed by atoms with E-state index >= 15 is 0 Å². The van der Waals surface area contributed by atoms with E-state index in [2.05, 4.69) is 4.90 Å². The van der Waals surface area contributed by atoms with Crippen LogP contribution in [0.4, 0.5) is 4.39 Å². The molecule has 1 atom stereocenters. The summed E-state index contributed by atoms with van der Waals surface area (Å²) in [6.07, 6.45) is 2.17. The lowest BCUT2D eigenvalue weighted by molar-refractivity contribution is 0.153. The fraction of sp³-hybridized carbons (Fsp3) is 0.538. The van der Waals surface area contributed by atoms with Crippen molar-refractivity contribution in [3.8, 4) is 0 Å². The van der Waals surface area contributed by atoms with E-state index in [9.17, 15) is 9.50 Å². The first-order valence-corrected chi connectivity index (χ1v) is 5.80. The molecule has 0 amide bonds. The van der Waals surface area contributed by atoms with Gasteiger partial charge >= 0.3 is 0 Å². The number of benzene rings is 1. The van der Waals surface area contributed by atoms with E-state index in [1.54, 1.807) is 13.0 Å². The average Bonchev–Trinajstić information content (AvgIpc) is 2.71. The van der Waals surface area contributed by atoms with Gasteiger partial charge < -0.3 is 5.11 Å². The zero-order valence-electron chi connectivity index (χ0n) is 9.62. The zero-order chi connectivity index (χ0) is 11.5. The summed E-state index contributed by atoms with van der Waals surface area (Å²) in [6, 6.07) is 5.63. The smallest absolute Gasteiger partial charge is 0.126 e. The van der Waals surface area contributed by atoms with Crippen LogP contribution >= 0.6 is 0 Å². The minimum atomic E-state index is -0.141. The topological polar surface area (TPSA) is 23.5 Å². The number of aryl methyl sites for hydroxylation is 1. The quantitative estimate of drug-likeness (QED) is 0.848. The van der Waals surface area contributed by atoms with Crippen molar-refractivity contribution in [3.63, 3.8) is 0 Å². The van der Waals surface area contributed by atoms with Gasteiger partial charge in [-0.05, 0) is 43.5 Å². The molecule has 1 aliphatic heterocycles. The predicted octanol–water partition coefficient (Wildman–Crippen LogP) is 2.09. The zero-order valence-corrected chi connectivity index (χ0v) is 9.62. The van der Waals surface area contributed by atoms with Crippen LogP contribution in [0.15, 0.2) is 18.2 Å². The molecule has 88 valence electrons. The Hall–Kier alpha value is -0.930. The van der Waals surface area contributed by atoms with Gasteiger partial charge in [0, 0.05) is 12.6 Å². The molecule has 0 aliphatic carbocycles. The molecule has 1 aromatic rings. The molecule has 0 radical (unpaired) electrons. The van der Waals surface area contributed by atoms with Gasteiger partial charge in [-0.25, -0.2) is 4.39 Å². The van der Waals surface area contributed by atoms with E-state index in [-0.39, 0.29) is 18.5 Å². The SMILES string of the molecule is Cc1ccc(CN2CCCC2CO)cc1F. The van der Waals surface area contributed by atoms with Gasteiger partial charge in [-0.1, -0.05) is 12.1 Å². The largest absolute Gasteiger partial charge is 0.395 e. The molecule has 1 fully saturated rings. The second kappa shape index (κ2) is 4.93. The molecule has 16 heavy (non-hydrogen) atoms. The molecule has 2 nitrogen and oxygen atoms in total. The molecule has 1 N–H and O–H groups in total. The number of hydrogen-bond acceptors (Lipinski definition) is 2. The summed E-state index contributed by atoms with van der Waals surface area (Å²) >= 11 is 0. The summed E-state index contributed by atoms with van der Waals surface area (Å²) in [7, 11) is 0. The van der Waals surface area contributed by atoms with E-state index in [0.29, 0.717) is 5.56 Å². The van der Waals surface area contributed by atoms with Gasteiger partial charge in [-0.3, -0.25) is 4.90 Å². The lowest BCUT2D eigenvalue weighted by atomic mass is 10.1. The molecular formula is C13H18FNO. The van der Waals surface area contributed by atoms with Crippen molar-refractivity contribution in [2.75, 3.05) is 13.2 Å². The Kier molecular flexibility index (Phi) is 3.56. The second-order valence-corrected chi connectivity index (χ2v) is 4.53. The first-order valence-electron chi connectivity index (χ1n) is 5.80. The Morgan fingerprint density at radius 3 is 3.00 bits per heavy atom. The van der Waals surface area contributed by atoms with Crippen molar-refractivity contribution >= 4 is 0 Å². The minimum Gasteiger partial charge on any atom is -0.395 e. The van der Waals surface area contributed by atoms with Crippen molar-refractivity contribution in [1.82, 2.24) is 4.90 Å². The van der Waals surface area contributed by atoms with Crippen LogP contribution < -0.4 is 0 Å². The maximum atomic E-state index is 13.4. The van der Waals surface area contributed by atoms with E-state index in [0.717, 1.165) is 31.5 Å². The van der Waals surface area contributed by atoms with Crippen molar-refractivity contribution in [1.29, 1.82) is 0 Å². The monoisotopic (exact) mass is 223 g/mol. The van der Waals surface area contributed by atoms with Crippen molar-refractivity contribution in [2.45, 2.75) is 32.4 Å². The van der Waals surface area contributed by atoms with Crippen molar-refractivity contribution < 1.29 is 9.50 Å². The van der Waals surface area contributed by atoms with E-state index in [1.165, 1.54) is 0 Å². The molecule has 1 unspecified atom stereocenters. The Balaban J connectivity index is 2.05. The first kappa shape index (κ1) is 11.6. The number of likely N-dealkylation sites (tertiary alicyclic amines) is 1. The maximum absolute atomic E-state index is 13.4. The Morgan fingerprint density at radius 2 is 2.31 bits per heavy atom. The fourth-order valence-corrected chi connectivity index (χ4v) is 2.28.